The number of pyridine rings is 1. The van der Waals surface area contributed by atoms with Crippen LogP contribution < -0.4 is 5.56 Å². The van der Waals surface area contributed by atoms with Crippen molar-refractivity contribution in [2.45, 2.75) is 25.3 Å². The van der Waals surface area contributed by atoms with Crippen LogP contribution in [-0.2, 0) is 9.59 Å². The molecule has 2 aromatic carbocycles. The van der Waals surface area contributed by atoms with Gasteiger partial charge in [0, 0.05) is 44.6 Å². The standard InChI is InChI=1S/C26H19Cl2N3O4S/c27-16-5-1-14(2-6-16)21-11-19(30-31(21)22(32)9-10-23(33)34)25-24(15-3-7-17(28)8-4-15)18-12-36-13-20(18)29-26(25)35/h1-8,12-13,21H,9-11H2,(H,29,35)(H,33,34). The molecule has 1 unspecified atom stereocenters. The van der Waals surface area contributed by atoms with Crippen molar-refractivity contribution in [1.29, 1.82) is 0 Å². The van der Waals surface area contributed by atoms with E-state index in [1.807, 2.05) is 22.9 Å². The van der Waals surface area contributed by atoms with Crippen LogP contribution in [0.5, 0.6) is 0 Å². The molecule has 2 N–H and O–H groups in total. The molecule has 0 saturated carbocycles. The third kappa shape index (κ3) is 4.67. The average molecular weight is 540 g/mol. The molecule has 36 heavy (non-hydrogen) atoms. The van der Waals surface area contributed by atoms with Crippen molar-refractivity contribution in [1.82, 2.24) is 9.99 Å². The Balaban J connectivity index is 1.66. The number of nitrogens with zero attached hydrogens (tertiary/aromatic N) is 2. The van der Waals surface area contributed by atoms with E-state index in [-0.39, 0.29) is 24.8 Å². The van der Waals surface area contributed by atoms with Crippen LogP contribution in [0, 0.1) is 0 Å². The number of amides is 1. The van der Waals surface area contributed by atoms with E-state index < -0.39 is 17.9 Å². The van der Waals surface area contributed by atoms with E-state index in [0.717, 1.165) is 16.5 Å². The Hall–Kier alpha value is -3.46. The van der Waals surface area contributed by atoms with Crippen molar-refractivity contribution < 1.29 is 14.7 Å². The second-order valence-electron chi connectivity index (χ2n) is 8.36. The summed E-state index contributed by atoms with van der Waals surface area (Å²) in [6.07, 6.45) is -0.245. The molecule has 2 aromatic heterocycles. The van der Waals surface area contributed by atoms with Gasteiger partial charge in [-0.3, -0.25) is 14.4 Å². The number of carbonyl (C=O) groups is 2. The molecule has 1 aliphatic rings. The molecule has 4 aromatic rings. The van der Waals surface area contributed by atoms with Gasteiger partial charge in [0.15, 0.2) is 0 Å². The number of carboxylic acid groups (broad SMARTS) is 1. The highest BCUT2D eigenvalue weighted by molar-refractivity contribution is 7.09. The van der Waals surface area contributed by atoms with Gasteiger partial charge in [0.2, 0.25) is 5.91 Å². The molecule has 0 radical (unpaired) electrons. The average Bonchev–Trinajstić information content (AvgIpc) is 3.50. The first kappa shape index (κ1) is 24.2. The Bertz CT molecular complexity index is 1560. The van der Waals surface area contributed by atoms with Gasteiger partial charge >= 0.3 is 5.97 Å². The predicted octanol–water partition coefficient (Wildman–Crippen LogP) is 6.11. The van der Waals surface area contributed by atoms with Crippen molar-refractivity contribution in [2.75, 3.05) is 0 Å². The van der Waals surface area contributed by atoms with Crippen LogP contribution in [0.3, 0.4) is 0 Å². The number of hydrazone groups is 1. The Morgan fingerprint density at radius 1 is 1.00 bits per heavy atom. The van der Waals surface area contributed by atoms with Gasteiger partial charge in [-0.25, -0.2) is 5.01 Å². The van der Waals surface area contributed by atoms with Gasteiger partial charge in [-0.1, -0.05) is 47.5 Å². The molecule has 0 saturated heterocycles. The third-order valence-corrected chi connectivity index (χ3v) is 7.30. The van der Waals surface area contributed by atoms with Gasteiger partial charge in [0.25, 0.3) is 5.56 Å². The number of aromatic nitrogens is 1. The number of carboxylic acids is 1. The van der Waals surface area contributed by atoms with Gasteiger partial charge in [-0.2, -0.15) is 5.10 Å². The van der Waals surface area contributed by atoms with Crippen LogP contribution in [-0.4, -0.2) is 32.7 Å². The fraction of sp³-hybridized carbons (Fsp3) is 0.154. The number of benzene rings is 2. The molecule has 0 fully saturated rings. The van der Waals surface area contributed by atoms with Gasteiger partial charge in [0.05, 0.1) is 29.3 Å². The number of hydrogen-bond acceptors (Lipinski definition) is 5. The molecule has 1 atom stereocenters. The Morgan fingerprint density at radius 2 is 1.67 bits per heavy atom. The maximum absolute atomic E-state index is 13.4. The van der Waals surface area contributed by atoms with E-state index in [1.165, 1.54) is 16.3 Å². The van der Waals surface area contributed by atoms with E-state index >= 15 is 0 Å². The number of thiophene rings is 1. The highest BCUT2D eigenvalue weighted by atomic mass is 35.5. The minimum absolute atomic E-state index is 0.208. The molecule has 182 valence electrons. The zero-order chi connectivity index (χ0) is 25.4. The number of hydrogen-bond donors (Lipinski definition) is 2. The largest absolute Gasteiger partial charge is 0.481 e. The second kappa shape index (κ2) is 9.89. The maximum atomic E-state index is 13.4. The number of halogens is 2. The van der Waals surface area contributed by atoms with E-state index in [9.17, 15) is 14.4 Å². The Labute approximate surface area is 219 Å². The zero-order valence-corrected chi connectivity index (χ0v) is 21.0. The molecule has 10 heteroatoms. The number of fused-ring (bicyclic) bond motifs is 1. The summed E-state index contributed by atoms with van der Waals surface area (Å²) >= 11 is 13.6. The lowest BCUT2D eigenvalue weighted by molar-refractivity contribution is -0.141. The van der Waals surface area contributed by atoms with Crippen molar-refractivity contribution in [3.05, 3.63) is 90.8 Å². The third-order valence-electron chi connectivity index (χ3n) is 6.05. The van der Waals surface area contributed by atoms with Crippen LogP contribution in [0.1, 0.15) is 36.4 Å². The highest BCUT2D eigenvalue weighted by Gasteiger charge is 2.35. The molecule has 5 rings (SSSR count). The van der Waals surface area contributed by atoms with Crippen molar-refractivity contribution >= 4 is 63.0 Å². The number of H-pyrrole nitrogens is 1. The first-order valence-corrected chi connectivity index (χ1v) is 12.8. The van der Waals surface area contributed by atoms with Crippen LogP contribution in [0.25, 0.3) is 22.0 Å². The molecule has 3 heterocycles. The monoisotopic (exact) mass is 539 g/mol. The molecule has 0 spiro atoms. The van der Waals surface area contributed by atoms with Crippen molar-refractivity contribution in [3.63, 3.8) is 0 Å². The normalized spacial score (nSPS) is 15.3. The first-order valence-electron chi connectivity index (χ1n) is 11.1. The maximum Gasteiger partial charge on any atom is 0.303 e. The number of rotatable bonds is 6. The number of nitrogens with one attached hydrogen (secondary N) is 1. The zero-order valence-electron chi connectivity index (χ0n) is 18.7. The van der Waals surface area contributed by atoms with Gasteiger partial charge in [-0.15, -0.1) is 11.3 Å². The highest BCUT2D eigenvalue weighted by Crippen LogP contribution is 2.38. The van der Waals surface area contributed by atoms with Crippen molar-refractivity contribution in [2.24, 2.45) is 5.10 Å². The second-order valence-corrected chi connectivity index (χ2v) is 9.98. The summed E-state index contributed by atoms with van der Waals surface area (Å²) in [5.74, 6) is -1.51. The Morgan fingerprint density at radius 3 is 2.33 bits per heavy atom. The minimum atomic E-state index is -1.07. The number of carbonyl (C=O) groups excluding carboxylic acids is 1. The summed E-state index contributed by atoms with van der Waals surface area (Å²) in [5, 5.41) is 20.8. The van der Waals surface area contributed by atoms with Crippen LogP contribution >= 0.6 is 34.5 Å². The molecule has 0 bridgehead atoms. The van der Waals surface area contributed by atoms with Gasteiger partial charge in [-0.05, 0) is 35.4 Å². The smallest absolute Gasteiger partial charge is 0.303 e. The predicted molar refractivity (Wildman–Crippen MR) is 142 cm³/mol. The molecule has 0 aliphatic carbocycles. The molecule has 1 aliphatic heterocycles. The molecule has 7 nitrogen and oxygen atoms in total. The molecular weight excluding hydrogens is 521 g/mol. The summed E-state index contributed by atoms with van der Waals surface area (Å²) in [5.41, 5.74) is 3.49. The van der Waals surface area contributed by atoms with E-state index in [0.29, 0.717) is 32.4 Å². The first-order chi connectivity index (χ1) is 17.3. The minimum Gasteiger partial charge on any atom is -0.481 e. The summed E-state index contributed by atoms with van der Waals surface area (Å²) in [6, 6.07) is 13.7. The Kier molecular flexibility index (Phi) is 6.66. The SMILES string of the molecule is O=C(O)CCC(=O)N1N=C(c2c(-c3ccc(Cl)cc3)c3cscc3[nH]c2=O)CC1c1ccc(Cl)cc1. The van der Waals surface area contributed by atoms with Gasteiger partial charge in [0.1, 0.15) is 0 Å². The quantitative estimate of drug-likeness (QED) is 0.308. The molecule has 1 amide bonds. The summed E-state index contributed by atoms with van der Waals surface area (Å²) in [7, 11) is 0. The summed E-state index contributed by atoms with van der Waals surface area (Å²) in [6.45, 7) is 0. The lowest BCUT2D eigenvalue weighted by Crippen LogP contribution is -2.27. The lowest BCUT2D eigenvalue weighted by atomic mass is 9.92. The fourth-order valence-electron chi connectivity index (χ4n) is 4.38. The van der Waals surface area contributed by atoms with E-state index in [1.54, 1.807) is 36.4 Å². The van der Waals surface area contributed by atoms with Crippen LogP contribution in [0.2, 0.25) is 10.0 Å². The number of aromatic amines is 1. The van der Waals surface area contributed by atoms with Crippen molar-refractivity contribution in [3.8, 4) is 11.1 Å². The topological polar surface area (TPSA) is 103 Å². The summed E-state index contributed by atoms with van der Waals surface area (Å²) < 4.78 is 0. The lowest BCUT2D eigenvalue weighted by Gasteiger charge is -2.22. The van der Waals surface area contributed by atoms with E-state index in [4.69, 9.17) is 28.3 Å². The molecular formula is C26H19Cl2N3O4S. The van der Waals surface area contributed by atoms with Gasteiger partial charge < -0.3 is 10.1 Å². The van der Waals surface area contributed by atoms with Crippen LogP contribution in [0.15, 0.2) is 69.2 Å². The summed E-state index contributed by atoms with van der Waals surface area (Å²) in [4.78, 5) is 40.5. The number of aliphatic carboxylic acids is 1. The van der Waals surface area contributed by atoms with Crippen LogP contribution in [0.4, 0.5) is 0 Å². The fourth-order valence-corrected chi connectivity index (χ4v) is 5.40. The van der Waals surface area contributed by atoms with E-state index in [2.05, 4.69) is 10.1 Å².